The molecule has 1 aromatic heterocycles. The van der Waals surface area contributed by atoms with Crippen LogP contribution in [0.3, 0.4) is 0 Å². The number of piperidine rings is 1. The highest BCUT2D eigenvalue weighted by Crippen LogP contribution is 2.27. The van der Waals surface area contributed by atoms with Gasteiger partial charge in [-0.2, -0.15) is 5.10 Å². The summed E-state index contributed by atoms with van der Waals surface area (Å²) in [5.74, 6) is 1.63. The molecule has 2 aliphatic rings. The number of carbonyl (C=O) groups excluding carboxylic acids is 1. The van der Waals surface area contributed by atoms with Gasteiger partial charge < -0.3 is 15.0 Å². The molecular weight excluding hydrogens is 436 g/mol. The molecule has 3 aromatic rings. The molecule has 1 amide bonds. The summed E-state index contributed by atoms with van der Waals surface area (Å²) < 4.78 is 7.18. The summed E-state index contributed by atoms with van der Waals surface area (Å²) in [4.78, 5) is 16.0. The molecule has 2 fully saturated rings. The number of ether oxygens (including phenoxy) is 1. The van der Waals surface area contributed by atoms with Crippen LogP contribution >= 0.6 is 0 Å². The second-order valence-corrected chi connectivity index (χ2v) is 10.0. The van der Waals surface area contributed by atoms with Crippen molar-refractivity contribution in [1.29, 1.82) is 0 Å². The second kappa shape index (κ2) is 11.1. The van der Waals surface area contributed by atoms with Gasteiger partial charge in [-0.25, -0.2) is 0 Å². The molecular formula is C29H36N4O2. The number of rotatable bonds is 8. The van der Waals surface area contributed by atoms with Crippen molar-refractivity contribution in [3.8, 4) is 17.0 Å². The van der Waals surface area contributed by atoms with Crippen molar-refractivity contribution < 1.29 is 9.53 Å². The summed E-state index contributed by atoms with van der Waals surface area (Å²) in [6, 6.07) is 18.2. The Morgan fingerprint density at radius 2 is 1.71 bits per heavy atom. The van der Waals surface area contributed by atoms with E-state index in [1.807, 2.05) is 53.3 Å². The number of nitrogens with one attached hydrogen (secondary N) is 1. The molecule has 1 saturated heterocycles. The van der Waals surface area contributed by atoms with Gasteiger partial charge in [-0.3, -0.25) is 9.48 Å². The second-order valence-electron chi connectivity index (χ2n) is 10.0. The van der Waals surface area contributed by atoms with Gasteiger partial charge in [0.25, 0.3) is 5.91 Å². The Kier molecular flexibility index (Phi) is 7.48. The molecule has 5 rings (SSSR count). The summed E-state index contributed by atoms with van der Waals surface area (Å²) in [6.45, 7) is 3.99. The normalized spacial score (nSPS) is 17.5. The molecule has 35 heavy (non-hydrogen) atoms. The fourth-order valence-electron chi connectivity index (χ4n) is 5.48. The average molecular weight is 473 g/mol. The lowest BCUT2D eigenvalue weighted by atomic mass is 10.0. The van der Waals surface area contributed by atoms with E-state index in [0.717, 1.165) is 48.7 Å². The Hall–Kier alpha value is -3.12. The van der Waals surface area contributed by atoms with Gasteiger partial charge in [0.1, 0.15) is 11.4 Å². The van der Waals surface area contributed by atoms with Crippen LogP contribution in [-0.4, -0.2) is 53.4 Å². The van der Waals surface area contributed by atoms with E-state index in [1.165, 1.54) is 32.2 Å². The fourth-order valence-corrected chi connectivity index (χ4v) is 5.48. The van der Waals surface area contributed by atoms with Crippen molar-refractivity contribution in [2.24, 2.45) is 5.92 Å². The molecule has 184 valence electrons. The zero-order valence-corrected chi connectivity index (χ0v) is 20.7. The Morgan fingerprint density at radius 3 is 2.40 bits per heavy atom. The molecule has 1 aliphatic heterocycles. The van der Waals surface area contributed by atoms with Crippen LogP contribution in [0.1, 0.15) is 54.4 Å². The van der Waals surface area contributed by atoms with E-state index in [9.17, 15) is 4.79 Å². The minimum absolute atomic E-state index is 0.0376. The highest BCUT2D eigenvalue weighted by Gasteiger charge is 2.26. The lowest BCUT2D eigenvalue weighted by molar-refractivity contribution is 0.0906. The number of likely N-dealkylation sites (tertiary alicyclic amines) is 1. The number of benzene rings is 2. The van der Waals surface area contributed by atoms with Crippen LogP contribution in [-0.2, 0) is 6.54 Å². The van der Waals surface area contributed by atoms with E-state index in [2.05, 4.69) is 22.3 Å². The number of carbonyl (C=O) groups is 1. The maximum Gasteiger partial charge on any atom is 0.255 e. The van der Waals surface area contributed by atoms with Gasteiger partial charge in [0.05, 0.1) is 19.2 Å². The molecule has 1 aliphatic carbocycles. The first-order chi connectivity index (χ1) is 17.2. The number of amides is 1. The van der Waals surface area contributed by atoms with Gasteiger partial charge in [0, 0.05) is 37.4 Å². The molecule has 0 atom stereocenters. The monoisotopic (exact) mass is 472 g/mol. The third-order valence-corrected chi connectivity index (χ3v) is 7.47. The van der Waals surface area contributed by atoms with Gasteiger partial charge in [0.2, 0.25) is 0 Å². The van der Waals surface area contributed by atoms with Crippen molar-refractivity contribution in [2.45, 2.75) is 51.1 Å². The number of aromatic nitrogens is 2. The van der Waals surface area contributed by atoms with Crippen LogP contribution in [0.4, 0.5) is 0 Å². The zero-order valence-electron chi connectivity index (χ0n) is 20.7. The van der Waals surface area contributed by atoms with Crippen LogP contribution in [0, 0.1) is 5.92 Å². The van der Waals surface area contributed by atoms with Crippen molar-refractivity contribution in [3.05, 3.63) is 71.9 Å². The van der Waals surface area contributed by atoms with Crippen LogP contribution < -0.4 is 10.1 Å². The first-order valence-electron chi connectivity index (χ1n) is 13.0. The molecule has 6 heteroatoms. The molecule has 1 saturated carbocycles. The van der Waals surface area contributed by atoms with E-state index < -0.39 is 0 Å². The summed E-state index contributed by atoms with van der Waals surface area (Å²) >= 11 is 0. The van der Waals surface area contributed by atoms with Crippen LogP contribution in [0.5, 0.6) is 5.75 Å². The van der Waals surface area contributed by atoms with Crippen molar-refractivity contribution in [1.82, 2.24) is 20.0 Å². The smallest absolute Gasteiger partial charge is 0.255 e. The van der Waals surface area contributed by atoms with Crippen molar-refractivity contribution in [3.63, 3.8) is 0 Å². The molecule has 1 N–H and O–H groups in total. The molecule has 2 heterocycles. The van der Waals surface area contributed by atoms with Crippen LogP contribution in [0.15, 0.2) is 60.8 Å². The molecule has 0 unspecified atom stereocenters. The Labute approximate surface area is 208 Å². The summed E-state index contributed by atoms with van der Waals surface area (Å²) in [5, 5.41) is 8.14. The van der Waals surface area contributed by atoms with E-state index in [1.54, 1.807) is 7.11 Å². The third-order valence-electron chi connectivity index (χ3n) is 7.47. The molecule has 0 radical (unpaired) electrons. The van der Waals surface area contributed by atoms with E-state index in [0.29, 0.717) is 17.8 Å². The predicted molar refractivity (Wildman–Crippen MR) is 139 cm³/mol. The topological polar surface area (TPSA) is 59.4 Å². The number of hydrogen-bond donors (Lipinski definition) is 1. The lowest BCUT2D eigenvalue weighted by Crippen LogP contribution is -2.45. The molecule has 0 spiro atoms. The van der Waals surface area contributed by atoms with Crippen molar-refractivity contribution >= 4 is 5.91 Å². The summed E-state index contributed by atoms with van der Waals surface area (Å²) in [6.07, 6.45) is 9.47. The average Bonchev–Trinajstić information content (AvgIpc) is 3.56. The van der Waals surface area contributed by atoms with Gasteiger partial charge in [0.15, 0.2) is 0 Å². The maximum absolute atomic E-state index is 13.5. The lowest BCUT2D eigenvalue weighted by Gasteiger charge is -2.33. The van der Waals surface area contributed by atoms with Crippen molar-refractivity contribution in [2.75, 3.05) is 26.7 Å². The van der Waals surface area contributed by atoms with Crippen LogP contribution in [0.2, 0.25) is 0 Å². The minimum Gasteiger partial charge on any atom is -0.497 e. The maximum atomic E-state index is 13.5. The number of hydrogen-bond acceptors (Lipinski definition) is 4. The van der Waals surface area contributed by atoms with Gasteiger partial charge in [-0.15, -0.1) is 0 Å². The standard InChI is InChI=1S/C29H36N4O2/c1-35-26-13-11-24(12-14-26)28-27(21-33(31-28)20-23-7-3-2-4-8-23)29(34)30-25-15-17-32(18-16-25)19-22-9-5-6-10-22/h2-4,7-8,11-14,21-22,25H,5-6,9-10,15-20H2,1H3,(H,30,34). The Morgan fingerprint density at radius 1 is 1.00 bits per heavy atom. The Balaban J connectivity index is 1.29. The van der Waals surface area contributed by atoms with Gasteiger partial charge >= 0.3 is 0 Å². The van der Waals surface area contributed by atoms with Gasteiger partial charge in [-0.1, -0.05) is 43.2 Å². The van der Waals surface area contributed by atoms with Crippen LogP contribution in [0.25, 0.3) is 11.3 Å². The number of nitrogens with zero attached hydrogens (tertiary/aromatic N) is 3. The quantitative estimate of drug-likeness (QED) is 0.502. The molecule has 6 nitrogen and oxygen atoms in total. The summed E-state index contributed by atoms with van der Waals surface area (Å²) in [5.41, 5.74) is 3.39. The van der Waals surface area contributed by atoms with Gasteiger partial charge in [-0.05, 0) is 61.4 Å². The van der Waals surface area contributed by atoms with E-state index >= 15 is 0 Å². The van der Waals surface area contributed by atoms with E-state index in [-0.39, 0.29) is 11.9 Å². The first-order valence-corrected chi connectivity index (χ1v) is 13.0. The Bertz CT molecular complexity index is 1100. The number of methoxy groups -OCH3 is 1. The predicted octanol–water partition coefficient (Wildman–Crippen LogP) is 4.99. The summed E-state index contributed by atoms with van der Waals surface area (Å²) in [7, 11) is 1.65. The largest absolute Gasteiger partial charge is 0.497 e. The molecule has 0 bridgehead atoms. The SMILES string of the molecule is COc1ccc(-c2nn(Cc3ccccc3)cc2C(=O)NC2CCN(CC3CCCC3)CC2)cc1. The fraction of sp³-hybridized carbons (Fsp3) is 0.448. The highest BCUT2D eigenvalue weighted by molar-refractivity contribution is 6.00. The van der Waals surface area contributed by atoms with E-state index in [4.69, 9.17) is 9.84 Å². The highest BCUT2D eigenvalue weighted by atomic mass is 16.5. The minimum atomic E-state index is -0.0376. The third kappa shape index (κ3) is 5.93. The zero-order chi connectivity index (χ0) is 24.0. The first kappa shape index (κ1) is 23.6. The molecule has 2 aromatic carbocycles.